The summed E-state index contributed by atoms with van der Waals surface area (Å²) >= 11 is 0. The fraction of sp³-hybridized carbons (Fsp3) is 0.500. The first kappa shape index (κ1) is 22.7. The Labute approximate surface area is 152 Å². The van der Waals surface area contributed by atoms with Gasteiger partial charge in [0.15, 0.2) is 0 Å². The van der Waals surface area contributed by atoms with E-state index < -0.39 is 8.07 Å². The second-order valence-corrected chi connectivity index (χ2v) is 10.2. The van der Waals surface area contributed by atoms with Gasteiger partial charge in [-0.2, -0.15) is 10.4 Å². The van der Waals surface area contributed by atoms with Crippen molar-refractivity contribution in [3.63, 3.8) is 0 Å². The molecule has 0 radical (unpaired) electrons. The van der Waals surface area contributed by atoms with Gasteiger partial charge in [0.05, 0.1) is 8.07 Å². The quantitative estimate of drug-likeness (QED) is 0.425. The molecule has 0 bridgehead atoms. The van der Waals surface area contributed by atoms with Gasteiger partial charge in [0.1, 0.15) is 0 Å². The van der Waals surface area contributed by atoms with Crippen molar-refractivity contribution in [2.24, 2.45) is 0 Å². The van der Waals surface area contributed by atoms with Crippen molar-refractivity contribution in [3.05, 3.63) is 44.8 Å². The zero-order valence-corrected chi connectivity index (χ0v) is 17.2. The minimum absolute atomic E-state index is 0. The maximum Gasteiger partial charge on any atom is 4.00 e. The summed E-state index contributed by atoms with van der Waals surface area (Å²) in [6.45, 7) is 13.9. The fourth-order valence-electron chi connectivity index (χ4n) is 2.99. The van der Waals surface area contributed by atoms with E-state index in [1.165, 1.54) is 22.3 Å². The third-order valence-electron chi connectivity index (χ3n) is 4.60. The molecule has 0 aliphatic heterocycles. The van der Waals surface area contributed by atoms with E-state index in [1.807, 2.05) is 0 Å². The molecule has 20 heavy (non-hydrogen) atoms. The largest absolute Gasteiger partial charge is 4.00 e. The molecule has 2 aliphatic carbocycles. The summed E-state index contributed by atoms with van der Waals surface area (Å²) in [6.07, 6.45) is 9.13. The summed E-state index contributed by atoms with van der Waals surface area (Å²) in [5.74, 6) is 0. The van der Waals surface area contributed by atoms with Gasteiger partial charge in [-0.25, -0.2) is 22.3 Å². The zero-order chi connectivity index (χ0) is 12.8. The fourth-order valence-corrected chi connectivity index (χ4v) is 6.66. The maximum atomic E-state index is 3.50. The molecule has 0 saturated heterocycles. The smallest absolute Gasteiger partial charge is 1.00 e. The maximum absolute atomic E-state index is 3.50. The molecule has 2 rings (SSSR count). The number of allylic oxidation sites excluding steroid dienone is 8. The van der Waals surface area contributed by atoms with Gasteiger partial charge in [-0.15, -0.1) is 26.7 Å². The molecule has 0 heterocycles. The molecule has 0 nitrogen and oxygen atoms in total. The molecule has 0 saturated carbocycles. The summed E-state index contributed by atoms with van der Waals surface area (Å²) in [4.78, 5) is 0. The molecular weight excluding hydrogens is 339 g/mol. The van der Waals surface area contributed by atoms with Crippen LogP contribution in [-0.2, 0) is 21.7 Å². The van der Waals surface area contributed by atoms with Crippen molar-refractivity contribution in [1.29, 1.82) is 0 Å². The molecule has 4 heteroatoms. The standard InChI is InChI=1S/C16H22Si.2ClH.Ti/c1-11-7-9-15(13(11)3)17(5,6)16-10-8-12(2)14(16)4;;;/h9-10H2,1-6H3;2*1H;/q-2;;;+4/p-2. The monoisotopic (exact) mass is 360 g/mol. The summed E-state index contributed by atoms with van der Waals surface area (Å²) in [7, 11) is -1.45. The normalized spacial score (nSPS) is 18.1. The Kier molecular flexibility index (Phi) is 9.32. The first-order valence-electron chi connectivity index (χ1n) is 6.41. The Bertz CT molecular complexity index is 453. The topological polar surface area (TPSA) is 0 Å². The second kappa shape index (κ2) is 8.20. The predicted molar refractivity (Wildman–Crippen MR) is 77.0 cm³/mol. The molecule has 108 valence electrons. The molecule has 0 amide bonds. The van der Waals surface area contributed by atoms with Gasteiger partial charge in [-0.05, 0) is 0 Å². The Morgan fingerprint density at radius 2 is 1.05 bits per heavy atom. The van der Waals surface area contributed by atoms with Gasteiger partial charge < -0.3 is 24.8 Å². The molecule has 0 atom stereocenters. The van der Waals surface area contributed by atoms with Crippen molar-refractivity contribution in [2.45, 2.75) is 53.6 Å². The van der Waals surface area contributed by atoms with Crippen LogP contribution in [0.25, 0.3) is 0 Å². The number of hydrogen-bond donors (Lipinski definition) is 0. The van der Waals surface area contributed by atoms with Crippen LogP contribution in [0.15, 0.2) is 32.7 Å². The van der Waals surface area contributed by atoms with E-state index >= 15 is 0 Å². The minimum Gasteiger partial charge on any atom is -1.00 e. The van der Waals surface area contributed by atoms with Gasteiger partial charge >= 0.3 is 21.7 Å². The van der Waals surface area contributed by atoms with Crippen molar-refractivity contribution in [1.82, 2.24) is 0 Å². The van der Waals surface area contributed by atoms with Crippen molar-refractivity contribution >= 4 is 8.07 Å². The molecule has 0 aromatic heterocycles. The number of halogens is 2. The molecule has 2 aliphatic rings. The Balaban J connectivity index is 0. The molecule has 0 fully saturated rings. The average Bonchev–Trinajstić information content (AvgIpc) is 2.75. The summed E-state index contributed by atoms with van der Waals surface area (Å²) in [5, 5.41) is 3.36. The van der Waals surface area contributed by atoms with Gasteiger partial charge in [-0.1, -0.05) is 26.9 Å². The van der Waals surface area contributed by atoms with Crippen molar-refractivity contribution < 1.29 is 46.5 Å². The summed E-state index contributed by atoms with van der Waals surface area (Å²) in [5.41, 5.74) is 5.74. The van der Waals surface area contributed by atoms with Crippen LogP contribution in [0.3, 0.4) is 0 Å². The van der Waals surface area contributed by atoms with Crippen LogP contribution in [0.4, 0.5) is 0 Å². The van der Waals surface area contributed by atoms with E-state index in [1.54, 1.807) is 10.4 Å². The van der Waals surface area contributed by atoms with Crippen LogP contribution in [0.5, 0.6) is 0 Å². The van der Waals surface area contributed by atoms with E-state index in [0.717, 1.165) is 12.8 Å². The Hall–Kier alpha value is 0.471. The van der Waals surface area contributed by atoms with E-state index in [4.69, 9.17) is 0 Å². The summed E-state index contributed by atoms with van der Waals surface area (Å²) in [6, 6.07) is 0. The SMILES string of the molecule is CC1=[C-]CC([Si](C)(C)C2=C(C)C(C)=[C-]C2)=C1C.[Cl-].[Cl-].[Ti+4]. The van der Waals surface area contributed by atoms with Crippen LogP contribution in [-0.4, -0.2) is 8.07 Å². The van der Waals surface area contributed by atoms with Crippen LogP contribution in [0.1, 0.15) is 40.5 Å². The first-order valence-corrected chi connectivity index (χ1v) is 9.41. The molecule has 0 unspecified atom stereocenters. The number of hydrogen-bond acceptors (Lipinski definition) is 0. The summed E-state index contributed by atoms with van der Waals surface area (Å²) < 4.78 is 0. The van der Waals surface area contributed by atoms with Crippen molar-refractivity contribution in [3.8, 4) is 0 Å². The zero-order valence-electron chi connectivity index (χ0n) is 13.2. The second-order valence-electron chi connectivity index (χ2n) is 5.79. The average molecular weight is 361 g/mol. The third kappa shape index (κ3) is 3.81. The van der Waals surface area contributed by atoms with Crippen LogP contribution < -0.4 is 24.8 Å². The molecule has 0 spiro atoms. The van der Waals surface area contributed by atoms with E-state index in [9.17, 15) is 0 Å². The van der Waals surface area contributed by atoms with E-state index in [2.05, 4.69) is 52.9 Å². The van der Waals surface area contributed by atoms with E-state index in [-0.39, 0.29) is 46.5 Å². The van der Waals surface area contributed by atoms with Gasteiger partial charge in [-0.3, -0.25) is 12.2 Å². The molecular formula is C16H22Cl2SiTi. The van der Waals surface area contributed by atoms with Crippen molar-refractivity contribution in [2.75, 3.05) is 0 Å². The van der Waals surface area contributed by atoms with Crippen LogP contribution in [0, 0.1) is 12.2 Å². The van der Waals surface area contributed by atoms with Gasteiger partial charge in [0.2, 0.25) is 0 Å². The molecule has 0 aromatic rings. The molecule has 0 N–H and O–H groups in total. The third-order valence-corrected chi connectivity index (χ3v) is 8.72. The van der Waals surface area contributed by atoms with Crippen LogP contribution in [0.2, 0.25) is 13.1 Å². The minimum atomic E-state index is -1.45. The van der Waals surface area contributed by atoms with Gasteiger partial charge in [0, 0.05) is 0 Å². The van der Waals surface area contributed by atoms with E-state index in [0.29, 0.717) is 0 Å². The molecule has 0 aromatic carbocycles. The predicted octanol–water partition coefficient (Wildman–Crippen LogP) is -1.28. The van der Waals surface area contributed by atoms with Gasteiger partial charge in [0.25, 0.3) is 0 Å². The van der Waals surface area contributed by atoms with Crippen LogP contribution >= 0.6 is 0 Å². The first-order chi connectivity index (χ1) is 7.85. The Morgan fingerprint density at radius 1 is 0.750 bits per heavy atom. The number of rotatable bonds is 2. The Morgan fingerprint density at radius 3 is 1.25 bits per heavy atom.